The Kier molecular flexibility index (Phi) is 14.2. The molecule has 0 unspecified atom stereocenters. The molecule has 12 heteroatoms. The summed E-state index contributed by atoms with van der Waals surface area (Å²) in [6.45, 7) is 1.96. The van der Waals surface area contributed by atoms with Crippen LogP contribution in [-0.2, 0) is 19.1 Å². The fourth-order valence-electron chi connectivity index (χ4n) is 6.24. The molecule has 0 amide bonds. The first kappa shape index (κ1) is 42.3. The molecule has 2 aliphatic rings. The molecule has 318 valence electrons. The van der Waals surface area contributed by atoms with Crippen molar-refractivity contribution in [3.05, 3.63) is 203 Å². The molecule has 2 heterocycles. The molecule has 0 radical (unpaired) electrons. The molecular weight excluding hydrogens is 809 g/mol. The van der Waals surface area contributed by atoms with Crippen LogP contribution in [0.4, 0.5) is 0 Å². The molecule has 0 aromatic heterocycles. The molecule has 0 atom stereocenters. The van der Waals surface area contributed by atoms with Gasteiger partial charge in [0.05, 0.1) is 38.9 Å². The minimum Gasteiger partial charge on any atom is -0.493 e. The summed E-state index contributed by atoms with van der Waals surface area (Å²) >= 11 is 0. The van der Waals surface area contributed by atoms with Gasteiger partial charge in [-0.25, -0.2) is 19.6 Å². The first-order chi connectivity index (χ1) is 31.5. The lowest BCUT2D eigenvalue weighted by atomic mass is 10.2. The van der Waals surface area contributed by atoms with Gasteiger partial charge >= 0.3 is 11.9 Å². The zero-order valence-electron chi connectivity index (χ0n) is 34.6. The molecule has 0 N–H and O–H groups in total. The molecule has 2 aliphatic heterocycles. The van der Waals surface area contributed by atoms with Gasteiger partial charge in [0.15, 0.2) is 11.4 Å². The van der Waals surface area contributed by atoms with Crippen LogP contribution in [0, 0.1) is 0 Å². The Morgan fingerprint density at radius 3 is 1.05 bits per heavy atom. The second-order valence-electron chi connectivity index (χ2n) is 14.3. The van der Waals surface area contributed by atoms with E-state index in [0.29, 0.717) is 51.1 Å². The number of ether oxygens (including phenoxy) is 6. The topological polar surface area (TPSA) is 139 Å². The molecule has 64 heavy (non-hydrogen) atoms. The van der Waals surface area contributed by atoms with Gasteiger partial charge in [-0.2, -0.15) is 10.2 Å². The van der Waals surface area contributed by atoms with Crippen molar-refractivity contribution < 1.29 is 38.0 Å². The molecule has 12 nitrogen and oxygen atoms in total. The fraction of sp³-hybridized carbons (Fsp3) is 0.115. The minimum absolute atomic E-state index is 0.252. The third-order valence-corrected chi connectivity index (χ3v) is 9.54. The number of aliphatic imine (C=N–C) groups is 2. The summed E-state index contributed by atoms with van der Waals surface area (Å²) in [4.78, 5) is 33.3. The van der Waals surface area contributed by atoms with Gasteiger partial charge in [-0.1, -0.05) is 60.7 Å². The van der Waals surface area contributed by atoms with E-state index in [9.17, 15) is 9.59 Å². The lowest BCUT2D eigenvalue weighted by Gasteiger charge is -2.08. The summed E-state index contributed by atoms with van der Waals surface area (Å²) in [5.74, 6) is 2.59. The highest BCUT2D eigenvalue weighted by Crippen LogP contribution is 2.23. The molecule has 0 bridgehead atoms. The third-order valence-electron chi connectivity index (χ3n) is 9.54. The molecule has 8 rings (SSSR count). The quantitative estimate of drug-likeness (QED) is 0.0258. The van der Waals surface area contributed by atoms with Crippen LogP contribution in [0.25, 0.3) is 12.2 Å². The van der Waals surface area contributed by atoms with Gasteiger partial charge in [0.2, 0.25) is 11.8 Å². The Hall–Kier alpha value is -8.38. The summed E-state index contributed by atoms with van der Waals surface area (Å²) < 4.78 is 34.1. The summed E-state index contributed by atoms with van der Waals surface area (Å²) in [5, 5.41) is 8.36. The Bertz CT molecular complexity index is 2520. The number of esters is 2. The Labute approximate surface area is 370 Å². The maximum absolute atomic E-state index is 12.3. The number of rotatable bonds is 19. The number of nitrogens with zero attached hydrogens (tertiary/aromatic N) is 4. The predicted octanol–water partition coefficient (Wildman–Crippen LogP) is 9.52. The number of benzene rings is 6. The standard InChI is InChI=1S/C52H42N4O8/c57-51-47(55-49(63-51)41-9-3-1-4-10-41)33-37-13-21-43(22-14-37)59-29-7-31-61-45-25-17-39(18-26-45)35-53-54-36-40-19-27-46(28-20-40)62-32-8-30-60-44-23-15-38(16-24-44)34-48-52(58)64-50(56-48)42-11-5-2-6-12-42/h1-6,9-28,33-36H,7-8,29-32H2. The van der Waals surface area contributed by atoms with E-state index in [1.54, 1.807) is 24.6 Å². The number of cyclic esters (lactones) is 2. The van der Waals surface area contributed by atoms with Crippen molar-refractivity contribution in [3.8, 4) is 23.0 Å². The number of carbonyl (C=O) groups is 2. The summed E-state index contributed by atoms with van der Waals surface area (Å²) in [7, 11) is 0. The van der Waals surface area contributed by atoms with Crippen molar-refractivity contribution in [1.29, 1.82) is 0 Å². The maximum atomic E-state index is 12.3. The van der Waals surface area contributed by atoms with Crippen LogP contribution in [0.15, 0.2) is 189 Å². The molecule has 0 aliphatic carbocycles. The van der Waals surface area contributed by atoms with E-state index >= 15 is 0 Å². The summed E-state index contributed by atoms with van der Waals surface area (Å²) in [6, 6.07) is 48.8. The molecule has 0 saturated carbocycles. The monoisotopic (exact) mass is 850 g/mol. The fourth-order valence-corrected chi connectivity index (χ4v) is 6.24. The van der Waals surface area contributed by atoms with Crippen molar-refractivity contribution in [1.82, 2.24) is 0 Å². The number of hydrogen-bond acceptors (Lipinski definition) is 12. The Morgan fingerprint density at radius 2 is 0.719 bits per heavy atom. The maximum Gasteiger partial charge on any atom is 0.363 e. The smallest absolute Gasteiger partial charge is 0.363 e. The van der Waals surface area contributed by atoms with Gasteiger partial charge in [-0.05, 0) is 131 Å². The van der Waals surface area contributed by atoms with Crippen molar-refractivity contribution in [2.75, 3.05) is 26.4 Å². The van der Waals surface area contributed by atoms with Crippen molar-refractivity contribution in [2.45, 2.75) is 12.8 Å². The van der Waals surface area contributed by atoms with E-state index in [1.807, 2.05) is 158 Å². The first-order valence-electron chi connectivity index (χ1n) is 20.6. The van der Waals surface area contributed by atoms with Crippen LogP contribution < -0.4 is 18.9 Å². The Balaban J connectivity index is 0.682. The first-order valence-corrected chi connectivity index (χ1v) is 20.6. The third kappa shape index (κ3) is 12.1. The average molecular weight is 851 g/mol. The van der Waals surface area contributed by atoms with Crippen LogP contribution in [-0.4, -0.2) is 62.6 Å². The van der Waals surface area contributed by atoms with Gasteiger partial charge < -0.3 is 28.4 Å². The van der Waals surface area contributed by atoms with Crippen LogP contribution in [0.2, 0.25) is 0 Å². The van der Waals surface area contributed by atoms with Gasteiger partial charge in [0, 0.05) is 24.0 Å². The largest absolute Gasteiger partial charge is 0.493 e. The van der Waals surface area contributed by atoms with E-state index in [0.717, 1.165) is 56.4 Å². The van der Waals surface area contributed by atoms with Gasteiger partial charge in [0.25, 0.3) is 0 Å². The number of carbonyl (C=O) groups excluding carboxylic acids is 2. The predicted molar refractivity (Wildman–Crippen MR) is 246 cm³/mol. The van der Waals surface area contributed by atoms with Crippen LogP contribution in [0.5, 0.6) is 23.0 Å². The second kappa shape index (κ2) is 21.4. The normalized spacial score (nSPS) is 14.8. The van der Waals surface area contributed by atoms with Crippen molar-refractivity contribution in [2.24, 2.45) is 20.2 Å². The van der Waals surface area contributed by atoms with E-state index < -0.39 is 11.9 Å². The van der Waals surface area contributed by atoms with E-state index in [-0.39, 0.29) is 11.4 Å². The molecule has 0 fully saturated rings. The zero-order chi connectivity index (χ0) is 43.8. The van der Waals surface area contributed by atoms with Gasteiger partial charge in [0.1, 0.15) is 23.0 Å². The van der Waals surface area contributed by atoms with Gasteiger partial charge in [-0.15, -0.1) is 0 Å². The van der Waals surface area contributed by atoms with Gasteiger partial charge in [-0.3, -0.25) is 0 Å². The van der Waals surface area contributed by atoms with E-state index in [4.69, 9.17) is 28.4 Å². The second-order valence-corrected chi connectivity index (χ2v) is 14.3. The van der Waals surface area contributed by atoms with E-state index in [1.165, 1.54) is 0 Å². The lowest BCUT2D eigenvalue weighted by molar-refractivity contribution is -0.130. The molecule has 6 aromatic rings. The van der Waals surface area contributed by atoms with Crippen LogP contribution in [0.3, 0.4) is 0 Å². The number of hydrogen-bond donors (Lipinski definition) is 0. The average Bonchev–Trinajstić information content (AvgIpc) is 3.90. The highest BCUT2D eigenvalue weighted by atomic mass is 16.6. The van der Waals surface area contributed by atoms with Crippen molar-refractivity contribution in [3.63, 3.8) is 0 Å². The molecular formula is C52H42N4O8. The molecule has 0 saturated heterocycles. The molecule has 6 aromatic carbocycles. The SMILES string of the molecule is O=C1OC(c2ccccc2)=NC1=Cc1ccc(OCCCOc2ccc(C=NN=Cc3ccc(OCCCOc4ccc(C=C5N=C(c6ccccc6)OC5=O)cc4)cc3)cc2)cc1. The summed E-state index contributed by atoms with van der Waals surface area (Å²) in [5.41, 5.74) is 5.42. The van der Waals surface area contributed by atoms with Crippen LogP contribution in [0.1, 0.15) is 46.2 Å². The zero-order valence-corrected chi connectivity index (χ0v) is 34.6. The lowest BCUT2D eigenvalue weighted by Crippen LogP contribution is -2.05. The van der Waals surface area contributed by atoms with Crippen molar-refractivity contribution >= 4 is 48.3 Å². The molecule has 0 spiro atoms. The highest BCUT2D eigenvalue weighted by molar-refractivity contribution is 6.13. The van der Waals surface area contributed by atoms with Crippen LogP contribution >= 0.6 is 0 Å². The minimum atomic E-state index is -0.476. The highest BCUT2D eigenvalue weighted by Gasteiger charge is 2.25. The Morgan fingerprint density at radius 1 is 0.406 bits per heavy atom. The summed E-state index contributed by atoms with van der Waals surface area (Å²) in [6.07, 6.45) is 8.14. The van der Waals surface area contributed by atoms with E-state index in [2.05, 4.69) is 20.2 Å².